The van der Waals surface area contributed by atoms with Gasteiger partial charge >= 0.3 is 0 Å². The molecule has 0 amide bonds. The molecule has 0 saturated carbocycles. The van der Waals surface area contributed by atoms with Crippen molar-refractivity contribution >= 4 is 10.9 Å². The van der Waals surface area contributed by atoms with Gasteiger partial charge in [0.15, 0.2) is 0 Å². The van der Waals surface area contributed by atoms with Gasteiger partial charge in [0.25, 0.3) is 0 Å². The molecule has 2 heterocycles. The van der Waals surface area contributed by atoms with Crippen molar-refractivity contribution in [3.63, 3.8) is 0 Å². The number of para-hydroxylation sites is 1. The van der Waals surface area contributed by atoms with Gasteiger partial charge in [0, 0.05) is 37.3 Å². The second kappa shape index (κ2) is 4.43. The number of hydrogen-bond donors (Lipinski definition) is 1. The Labute approximate surface area is 101 Å². The number of hydrogen-bond acceptors (Lipinski definition) is 3. The maximum atomic E-state index is 4.50. The Balaban J connectivity index is 1.89. The molecule has 88 valence electrons. The van der Waals surface area contributed by atoms with E-state index in [1.807, 2.05) is 12.3 Å². The molecule has 3 heteroatoms. The van der Waals surface area contributed by atoms with E-state index in [1.165, 1.54) is 10.9 Å². The zero-order valence-electron chi connectivity index (χ0n) is 10.1. The molecule has 2 aromatic rings. The van der Waals surface area contributed by atoms with Crippen LogP contribution in [-0.2, 0) is 6.54 Å². The SMILES string of the molecule is CN(Cc1cccc2cccnc12)C1CNC1. The first-order valence-electron chi connectivity index (χ1n) is 6.08. The van der Waals surface area contributed by atoms with Gasteiger partial charge < -0.3 is 5.32 Å². The lowest BCUT2D eigenvalue weighted by Crippen LogP contribution is -2.55. The fraction of sp³-hybridized carbons (Fsp3) is 0.357. The molecular weight excluding hydrogens is 210 g/mol. The van der Waals surface area contributed by atoms with Crippen LogP contribution in [0, 0.1) is 0 Å². The van der Waals surface area contributed by atoms with Gasteiger partial charge in [-0.15, -0.1) is 0 Å². The predicted molar refractivity (Wildman–Crippen MR) is 69.9 cm³/mol. The third-order valence-electron chi connectivity index (χ3n) is 3.52. The molecule has 1 saturated heterocycles. The zero-order chi connectivity index (χ0) is 11.7. The summed E-state index contributed by atoms with van der Waals surface area (Å²) in [5, 5.41) is 4.53. The highest BCUT2D eigenvalue weighted by Gasteiger charge is 2.21. The summed E-state index contributed by atoms with van der Waals surface area (Å²) in [5.74, 6) is 0. The fourth-order valence-corrected chi connectivity index (χ4v) is 2.28. The molecule has 0 spiro atoms. The topological polar surface area (TPSA) is 28.2 Å². The molecule has 1 aromatic heterocycles. The van der Waals surface area contributed by atoms with Gasteiger partial charge in [-0.2, -0.15) is 0 Å². The fourth-order valence-electron chi connectivity index (χ4n) is 2.28. The number of fused-ring (bicyclic) bond motifs is 1. The minimum atomic E-state index is 0.675. The van der Waals surface area contributed by atoms with Crippen LogP contribution in [0.2, 0.25) is 0 Å². The lowest BCUT2D eigenvalue weighted by atomic mass is 10.1. The summed E-state index contributed by atoms with van der Waals surface area (Å²) in [6.07, 6.45) is 1.87. The second-order valence-corrected chi connectivity index (χ2v) is 4.72. The number of nitrogens with zero attached hydrogens (tertiary/aromatic N) is 2. The summed E-state index contributed by atoms with van der Waals surface area (Å²) < 4.78 is 0. The molecule has 0 radical (unpaired) electrons. The van der Waals surface area contributed by atoms with Gasteiger partial charge in [-0.3, -0.25) is 9.88 Å². The maximum absolute atomic E-state index is 4.50. The van der Waals surface area contributed by atoms with E-state index in [1.54, 1.807) is 0 Å². The van der Waals surface area contributed by atoms with Gasteiger partial charge in [0.2, 0.25) is 0 Å². The number of nitrogens with one attached hydrogen (secondary N) is 1. The van der Waals surface area contributed by atoms with E-state index in [0.29, 0.717) is 6.04 Å². The van der Waals surface area contributed by atoms with Gasteiger partial charge in [-0.05, 0) is 18.7 Å². The van der Waals surface area contributed by atoms with Crippen LogP contribution in [-0.4, -0.2) is 36.1 Å². The van der Waals surface area contributed by atoms with Crippen molar-refractivity contribution in [3.8, 4) is 0 Å². The van der Waals surface area contributed by atoms with Gasteiger partial charge in [0.1, 0.15) is 0 Å². The minimum absolute atomic E-state index is 0.675. The third kappa shape index (κ3) is 2.04. The predicted octanol–water partition coefficient (Wildman–Crippen LogP) is 1.64. The molecule has 3 rings (SSSR count). The van der Waals surface area contributed by atoms with E-state index in [-0.39, 0.29) is 0 Å². The second-order valence-electron chi connectivity index (χ2n) is 4.72. The molecule has 0 aliphatic carbocycles. The Kier molecular flexibility index (Phi) is 2.79. The standard InChI is InChI=1S/C14H17N3/c1-17(13-8-15-9-13)10-12-5-2-4-11-6-3-7-16-14(11)12/h2-7,13,15H,8-10H2,1H3. The average molecular weight is 227 g/mol. The number of aromatic nitrogens is 1. The van der Waals surface area contributed by atoms with Crippen molar-refractivity contribution in [1.82, 2.24) is 15.2 Å². The van der Waals surface area contributed by atoms with Crippen LogP contribution in [0.25, 0.3) is 10.9 Å². The van der Waals surface area contributed by atoms with Crippen molar-refractivity contribution in [3.05, 3.63) is 42.1 Å². The van der Waals surface area contributed by atoms with Crippen LogP contribution in [0.5, 0.6) is 0 Å². The average Bonchev–Trinajstić information content (AvgIpc) is 2.27. The first-order valence-corrected chi connectivity index (χ1v) is 6.08. The highest BCUT2D eigenvalue weighted by molar-refractivity contribution is 5.81. The molecule has 0 atom stereocenters. The van der Waals surface area contributed by atoms with E-state index in [4.69, 9.17) is 0 Å². The van der Waals surface area contributed by atoms with Crippen molar-refractivity contribution in [2.45, 2.75) is 12.6 Å². The molecule has 17 heavy (non-hydrogen) atoms. The van der Waals surface area contributed by atoms with Crippen molar-refractivity contribution in [1.29, 1.82) is 0 Å². The lowest BCUT2D eigenvalue weighted by molar-refractivity contribution is 0.173. The molecule has 3 nitrogen and oxygen atoms in total. The van der Waals surface area contributed by atoms with Crippen molar-refractivity contribution in [2.24, 2.45) is 0 Å². The normalized spacial score (nSPS) is 16.4. The van der Waals surface area contributed by atoms with Crippen LogP contribution < -0.4 is 5.32 Å². The Morgan fingerprint density at radius 3 is 2.88 bits per heavy atom. The molecule has 1 aliphatic rings. The lowest BCUT2D eigenvalue weighted by Gasteiger charge is -2.35. The van der Waals surface area contributed by atoms with Gasteiger partial charge in [0.05, 0.1) is 5.52 Å². The van der Waals surface area contributed by atoms with Gasteiger partial charge in [-0.1, -0.05) is 24.3 Å². The molecule has 1 aromatic carbocycles. The Bertz CT molecular complexity index is 514. The van der Waals surface area contributed by atoms with E-state index in [9.17, 15) is 0 Å². The largest absolute Gasteiger partial charge is 0.314 e. The molecule has 0 unspecified atom stereocenters. The molecule has 0 bridgehead atoms. The first-order chi connectivity index (χ1) is 8.34. The highest BCUT2D eigenvalue weighted by atomic mass is 15.2. The zero-order valence-corrected chi connectivity index (χ0v) is 10.1. The molecule has 1 aliphatic heterocycles. The number of pyridine rings is 1. The van der Waals surface area contributed by atoms with Crippen LogP contribution >= 0.6 is 0 Å². The summed E-state index contributed by atoms with van der Waals surface area (Å²) in [5.41, 5.74) is 2.45. The number of likely N-dealkylation sites (N-methyl/N-ethyl adjacent to an activating group) is 1. The van der Waals surface area contributed by atoms with Crippen LogP contribution in [0.1, 0.15) is 5.56 Å². The summed E-state index contributed by atoms with van der Waals surface area (Å²) in [6.45, 7) is 3.18. The van der Waals surface area contributed by atoms with Crippen LogP contribution in [0.3, 0.4) is 0 Å². The van der Waals surface area contributed by atoms with E-state index in [0.717, 1.165) is 25.2 Å². The first kappa shape index (κ1) is 10.7. The number of benzene rings is 1. The van der Waals surface area contributed by atoms with Crippen molar-refractivity contribution in [2.75, 3.05) is 20.1 Å². The van der Waals surface area contributed by atoms with Crippen LogP contribution in [0.4, 0.5) is 0 Å². The van der Waals surface area contributed by atoms with E-state index < -0.39 is 0 Å². The molecular formula is C14H17N3. The van der Waals surface area contributed by atoms with Gasteiger partial charge in [-0.25, -0.2) is 0 Å². The monoisotopic (exact) mass is 227 g/mol. The summed E-state index contributed by atoms with van der Waals surface area (Å²) in [7, 11) is 2.19. The Morgan fingerprint density at radius 2 is 2.12 bits per heavy atom. The van der Waals surface area contributed by atoms with E-state index >= 15 is 0 Å². The number of rotatable bonds is 3. The molecule has 1 fully saturated rings. The summed E-state index contributed by atoms with van der Waals surface area (Å²) in [6, 6.07) is 11.2. The Morgan fingerprint density at radius 1 is 1.29 bits per heavy atom. The quantitative estimate of drug-likeness (QED) is 0.864. The van der Waals surface area contributed by atoms with E-state index in [2.05, 4.69) is 46.5 Å². The molecule has 1 N–H and O–H groups in total. The minimum Gasteiger partial charge on any atom is -0.314 e. The highest BCUT2D eigenvalue weighted by Crippen LogP contribution is 2.18. The Hall–Kier alpha value is -1.45. The third-order valence-corrected chi connectivity index (χ3v) is 3.52. The smallest absolute Gasteiger partial charge is 0.0746 e. The summed E-state index contributed by atoms with van der Waals surface area (Å²) in [4.78, 5) is 6.90. The maximum Gasteiger partial charge on any atom is 0.0746 e. The van der Waals surface area contributed by atoms with Crippen molar-refractivity contribution < 1.29 is 0 Å². The van der Waals surface area contributed by atoms with Crippen LogP contribution in [0.15, 0.2) is 36.5 Å². The summed E-state index contributed by atoms with van der Waals surface area (Å²) >= 11 is 0.